The van der Waals surface area contributed by atoms with Crippen molar-refractivity contribution in [2.75, 3.05) is 0 Å². The molecule has 0 radical (unpaired) electrons. The van der Waals surface area contributed by atoms with Gasteiger partial charge in [-0.3, -0.25) is 9.88 Å². The average Bonchev–Trinajstić information content (AvgIpc) is 2.63. The summed E-state index contributed by atoms with van der Waals surface area (Å²) in [6.45, 7) is 4.20. The number of nitrogens with zero attached hydrogens (tertiary/aromatic N) is 2. The molecule has 94 valence electrons. The fourth-order valence-corrected chi connectivity index (χ4v) is 1.64. The lowest BCUT2D eigenvalue weighted by molar-refractivity contribution is 0.485. The normalized spacial score (nSPS) is 11.7. The molecule has 1 heterocycles. The summed E-state index contributed by atoms with van der Waals surface area (Å²) in [7, 11) is 1.67. The van der Waals surface area contributed by atoms with E-state index in [1.165, 1.54) is 4.57 Å². The van der Waals surface area contributed by atoms with Crippen molar-refractivity contribution < 1.29 is 4.42 Å². The standard InChI is InChI=1S/C13H15N3O2/c1-13(2,8-14)15-7-9-4-5-11-10(6-9)16(3)12(17)18-11/h4-6,15H,7H2,1-3H3. The maximum absolute atomic E-state index is 11.4. The molecule has 18 heavy (non-hydrogen) atoms. The van der Waals surface area contributed by atoms with Gasteiger partial charge in [-0.1, -0.05) is 6.07 Å². The Balaban J connectivity index is 2.28. The van der Waals surface area contributed by atoms with Gasteiger partial charge >= 0.3 is 5.76 Å². The molecule has 1 N–H and O–H groups in total. The highest BCUT2D eigenvalue weighted by Gasteiger charge is 2.15. The third-order valence-corrected chi connectivity index (χ3v) is 2.87. The van der Waals surface area contributed by atoms with Crippen LogP contribution >= 0.6 is 0 Å². The molecule has 0 atom stereocenters. The molecular weight excluding hydrogens is 230 g/mol. The number of benzene rings is 1. The molecule has 0 bridgehead atoms. The minimum Gasteiger partial charge on any atom is -0.408 e. The molecule has 0 aliphatic carbocycles. The topological polar surface area (TPSA) is 71.0 Å². The van der Waals surface area contributed by atoms with Gasteiger partial charge in [-0.15, -0.1) is 0 Å². The summed E-state index contributed by atoms with van der Waals surface area (Å²) in [5.74, 6) is -0.368. The van der Waals surface area contributed by atoms with Gasteiger partial charge in [0.05, 0.1) is 11.6 Å². The highest BCUT2D eigenvalue weighted by Crippen LogP contribution is 2.14. The molecule has 2 aromatic rings. The van der Waals surface area contributed by atoms with Gasteiger partial charge in [0, 0.05) is 13.6 Å². The first-order chi connectivity index (χ1) is 8.43. The number of nitrogens with one attached hydrogen (secondary N) is 1. The van der Waals surface area contributed by atoms with E-state index in [4.69, 9.17) is 9.68 Å². The van der Waals surface area contributed by atoms with Crippen molar-refractivity contribution in [1.29, 1.82) is 5.26 Å². The first kappa shape index (κ1) is 12.4. The summed E-state index contributed by atoms with van der Waals surface area (Å²) in [5, 5.41) is 12.1. The molecule has 0 fully saturated rings. The molecule has 0 aliphatic rings. The van der Waals surface area contributed by atoms with Crippen LogP contribution in [0.3, 0.4) is 0 Å². The van der Waals surface area contributed by atoms with Crippen molar-refractivity contribution in [2.24, 2.45) is 7.05 Å². The number of rotatable bonds is 3. The van der Waals surface area contributed by atoms with Gasteiger partial charge in [-0.25, -0.2) is 4.79 Å². The number of hydrogen-bond donors (Lipinski definition) is 1. The Morgan fingerprint density at radius 2 is 2.22 bits per heavy atom. The minimum atomic E-state index is -0.572. The molecule has 5 nitrogen and oxygen atoms in total. The van der Waals surface area contributed by atoms with Gasteiger partial charge in [0.1, 0.15) is 5.54 Å². The third kappa shape index (κ3) is 2.29. The smallest absolute Gasteiger partial charge is 0.408 e. The summed E-state index contributed by atoms with van der Waals surface area (Å²) in [6.07, 6.45) is 0. The molecule has 0 amide bonds. The highest BCUT2D eigenvalue weighted by atomic mass is 16.4. The lowest BCUT2D eigenvalue weighted by Crippen LogP contribution is -2.36. The summed E-state index contributed by atoms with van der Waals surface area (Å²) in [6, 6.07) is 7.72. The van der Waals surface area contributed by atoms with Crippen LogP contribution in [0.5, 0.6) is 0 Å². The Morgan fingerprint density at radius 3 is 2.89 bits per heavy atom. The van der Waals surface area contributed by atoms with Crippen LogP contribution in [0, 0.1) is 11.3 Å². The van der Waals surface area contributed by atoms with Crippen LogP contribution in [-0.4, -0.2) is 10.1 Å². The van der Waals surface area contributed by atoms with E-state index in [1.54, 1.807) is 13.1 Å². The molecule has 1 aromatic heterocycles. The lowest BCUT2D eigenvalue weighted by atomic mass is 10.1. The fraction of sp³-hybridized carbons (Fsp3) is 0.385. The van der Waals surface area contributed by atoms with Crippen LogP contribution in [-0.2, 0) is 13.6 Å². The van der Waals surface area contributed by atoms with Crippen LogP contribution in [0.2, 0.25) is 0 Å². The Bertz CT molecular complexity index is 674. The molecule has 2 rings (SSSR count). The number of nitriles is 1. The largest absolute Gasteiger partial charge is 0.419 e. The van der Waals surface area contributed by atoms with Gasteiger partial charge in [0.25, 0.3) is 0 Å². The molecular formula is C13H15N3O2. The first-order valence-electron chi connectivity index (χ1n) is 5.68. The molecule has 0 saturated carbocycles. The predicted octanol–water partition coefficient (Wildman–Crippen LogP) is 1.52. The minimum absolute atomic E-state index is 0.368. The molecule has 0 unspecified atom stereocenters. The molecule has 0 aliphatic heterocycles. The first-order valence-corrected chi connectivity index (χ1v) is 5.68. The summed E-state index contributed by atoms with van der Waals surface area (Å²) in [4.78, 5) is 11.4. The molecule has 0 saturated heterocycles. The van der Waals surface area contributed by atoms with Crippen molar-refractivity contribution in [3.63, 3.8) is 0 Å². The van der Waals surface area contributed by atoms with E-state index in [0.717, 1.165) is 11.1 Å². The molecule has 1 aromatic carbocycles. The number of hydrogen-bond acceptors (Lipinski definition) is 4. The van der Waals surface area contributed by atoms with E-state index in [0.29, 0.717) is 12.1 Å². The van der Waals surface area contributed by atoms with Gasteiger partial charge in [0.2, 0.25) is 0 Å². The Morgan fingerprint density at radius 1 is 1.50 bits per heavy atom. The van der Waals surface area contributed by atoms with E-state index in [1.807, 2.05) is 26.0 Å². The zero-order valence-electron chi connectivity index (χ0n) is 10.7. The van der Waals surface area contributed by atoms with Crippen molar-refractivity contribution in [3.8, 4) is 6.07 Å². The quantitative estimate of drug-likeness (QED) is 0.890. The SMILES string of the molecule is Cn1c(=O)oc2ccc(CNC(C)(C)C#N)cc21. The number of fused-ring (bicyclic) bond motifs is 1. The average molecular weight is 245 g/mol. The maximum Gasteiger partial charge on any atom is 0.419 e. The predicted molar refractivity (Wildman–Crippen MR) is 68.0 cm³/mol. The lowest BCUT2D eigenvalue weighted by Gasteiger charge is -2.17. The van der Waals surface area contributed by atoms with Crippen LogP contribution in [0.15, 0.2) is 27.4 Å². The third-order valence-electron chi connectivity index (χ3n) is 2.87. The monoisotopic (exact) mass is 245 g/mol. The van der Waals surface area contributed by atoms with E-state index < -0.39 is 5.54 Å². The van der Waals surface area contributed by atoms with Gasteiger partial charge in [-0.05, 0) is 31.5 Å². The van der Waals surface area contributed by atoms with E-state index >= 15 is 0 Å². The van der Waals surface area contributed by atoms with Gasteiger partial charge in [-0.2, -0.15) is 5.26 Å². The second-order valence-electron chi connectivity index (χ2n) is 4.82. The Kier molecular flexibility index (Phi) is 2.97. The van der Waals surface area contributed by atoms with E-state index in [2.05, 4.69) is 11.4 Å². The second kappa shape index (κ2) is 4.31. The summed E-state index contributed by atoms with van der Waals surface area (Å²) < 4.78 is 6.52. The Labute approximate surface area is 105 Å². The van der Waals surface area contributed by atoms with Crippen LogP contribution in [0.25, 0.3) is 11.1 Å². The Hall–Kier alpha value is -2.06. The number of oxazole rings is 1. The second-order valence-corrected chi connectivity index (χ2v) is 4.82. The van der Waals surface area contributed by atoms with Gasteiger partial charge < -0.3 is 4.42 Å². The van der Waals surface area contributed by atoms with Gasteiger partial charge in [0.15, 0.2) is 5.58 Å². The van der Waals surface area contributed by atoms with Crippen molar-refractivity contribution in [1.82, 2.24) is 9.88 Å². The molecule has 5 heteroatoms. The summed E-state index contributed by atoms with van der Waals surface area (Å²) in [5.41, 5.74) is 1.76. The fourth-order valence-electron chi connectivity index (χ4n) is 1.64. The van der Waals surface area contributed by atoms with Crippen molar-refractivity contribution in [2.45, 2.75) is 25.9 Å². The van der Waals surface area contributed by atoms with Crippen LogP contribution in [0.4, 0.5) is 0 Å². The van der Waals surface area contributed by atoms with Crippen LogP contribution in [0.1, 0.15) is 19.4 Å². The number of aromatic nitrogens is 1. The highest BCUT2D eigenvalue weighted by molar-refractivity contribution is 5.73. The van der Waals surface area contributed by atoms with E-state index in [-0.39, 0.29) is 5.76 Å². The summed E-state index contributed by atoms with van der Waals surface area (Å²) >= 11 is 0. The zero-order valence-corrected chi connectivity index (χ0v) is 10.7. The van der Waals surface area contributed by atoms with Crippen LogP contribution < -0.4 is 11.1 Å². The van der Waals surface area contributed by atoms with Crippen molar-refractivity contribution in [3.05, 3.63) is 34.3 Å². The maximum atomic E-state index is 11.4. The number of aryl methyl sites for hydroxylation is 1. The van der Waals surface area contributed by atoms with E-state index in [9.17, 15) is 4.79 Å². The molecule has 0 spiro atoms. The zero-order chi connectivity index (χ0) is 13.3. The van der Waals surface area contributed by atoms with Crippen molar-refractivity contribution >= 4 is 11.1 Å².